The Kier molecular flexibility index (Phi) is 6.88. The Morgan fingerprint density at radius 2 is 2.30 bits per heavy atom. The van der Waals surface area contributed by atoms with Crippen LogP contribution in [0.15, 0.2) is 0 Å². The van der Waals surface area contributed by atoms with Crippen LogP contribution in [-0.4, -0.2) is 19.2 Å². The molecule has 0 aliphatic rings. The summed E-state index contributed by atoms with van der Waals surface area (Å²) in [5, 5.41) is 0. The molecule has 0 aliphatic carbocycles. The number of hydrogen-bond donors (Lipinski definition) is 0. The molecule has 0 fully saturated rings. The maximum absolute atomic E-state index is 10.6. The molecule has 60 valence electrons. The predicted molar refractivity (Wildman–Crippen MR) is 41.5 cm³/mol. The number of hydrogen-bond acceptors (Lipinski definition) is 3. The number of esters is 1. The van der Waals surface area contributed by atoms with E-state index < -0.39 is 0 Å². The first kappa shape index (κ1) is 9.86. The Hall–Kier alpha value is -0.140. The van der Waals surface area contributed by atoms with Crippen molar-refractivity contribution in [1.82, 2.24) is 0 Å². The van der Waals surface area contributed by atoms with Gasteiger partial charge >= 0.3 is 5.97 Å². The summed E-state index contributed by atoms with van der Waals surface area (Å²) in [7, 11) is 2.00. The number of rotatable bonds is 5. The Morgan fingerprint density at radius 1 is 1.60 bits per heavy atom. The SMILES string of the molecule is CCCCOC(=O)COP. The van der Waals surface area contributed by atoms with Crippen LogP contribution in [0, 0.1) is 0 Å². The molecule has 0 radical (unpaired) electrons. The first-order valence-corrected chi connectivity index (χ1v) is 3.75. The van der Waals surface area contributed by atoms with Crippen LogP contribution in [-0.2, 0) is 14.1 Å². The summed E-state index contributed by atoms with van der Waals surface area (Å²) in [5.41, 5.74) is 0. The summed E-state index contributed by atoms with van der Waals surface area (Å²) in [5.74, 6) is -0.302. The number of carbonyl (C=O) groups excluding carboxylic acids is 1. The molecule has 0 saturated heterocycles. The summed E-state index contributed by atoms with van der Waals surface area (Å²) in [6, 6.07) is 0. The lowest BCUT2D eigenvalue weighted by Gasteiger charge is -2.00. The van der Waals surface area contributed by atoms with E-state index in [-0.39, 0.29) is 12.6 Å². The van der Waals surface area contributed by atoms with Crippen LogP contribution in [0.1, 0.15) is 19.8 Å². The van der Waals surface area contributed by atoms with Gasteiger partial charge in [-0.1, -0.05) is 13.3 Å². The zero-order valence-corrected chi connectivity index (χ0v) is 7.29. The van der Waals surface area contributed by atoms with Gasteiger partial charge in [0.2, 0.25) is 0 Å². The summed E-state index contributed by atoms with van der Waals surface area (Å²) in [4.78, 5) is 10.6. The van der Waals surface area contributed by atoms with Crippen LogP contribution in [0.3, 0.4) is 0 Å². The summed E-state index contributed by atoms with van der Waals surface area (Å²) in [6.45, 7) is 2.57. The molecule has 0 aliphatic heterocycles. The number of carbonyl (C=O) groups is 1. The highest BCUT2D eigenvalue weighted by molar-refractivity contribution is 7.09. The van der Waals surface area contributed by atoms with Crippen LogP contribution in [0.4, 0.5) is 0 Å². The van der Waals surface area contributed by atoms with Crippen LogP contribution < -0.4 is 0 Å². The smallest absolute Gasteiger partial charge is 0.332 e. The summed E-state index contributed by atoms with van der Waals surface area (Å²) >= 11 is 0. The summed E-state index contributed by atoms with van der Waals surface area (Å²) in [6.07, 6.45) is 1.96. The quantitative estimate of drug-likeness (QED) is 0.347. The monoisotopic (exact) mass is 164 g/mol. The first-order chi connectivity index (χ1) is 4.81. The lowest BCUT2D eigenvalue weighted by molar-refractivity contribution is -0.145. The second kappa shape index (κ2) is 6.97. The maximum Gasteiger partial charge on any atom is 0.332 e. The second-order valence-electron chi connectivity index (χ2n) is 1.89. The minimum absolute atomic E-state index is 0.0222. The molecule has 1 atom stereocenters. The Labute approximate surface area is 63.4 Å². The molecule has 0 heterocycles. The lowest BCUT2D eigenvalue weighted by Crippen LogP contribution is -2.10. The molecule has 1 unspecified atom stereocenters. The minimum atomic E-state index is -0.302. The fraction of sp³-hybridized carbons (Fsp3) is 0.833. The zero-order chi connectivity index (χ0) is 7.82. The molecule has 0 spiro atoms. The van der Waals surface area contributed by atoms with Crippen molar-refractivity contribution >= 4 is 15.4 Å². The molecular formula is C6H13O3P. The van der Waals surface area contributed by atoms with E-state index in [0.717, 1.165) is 12.8 Å². The molecule has 4 heteroatoms. The topological polar surface area (TPSA) is 35.5 Å². The molecular weight excluding hydrogens is 151 g/mol. The van der Waals surface area contributed by atoms with Crippen LogP contribution >= 0.6 is 9.47 Å². The highest BCUT2D eigenvalue weighted by Crippen LogP contribution is 1.91. The Balaban J connectivity index is 3.05. The molecule has 0 N–H and O–H groups in total. The van der Waals surface area contributed by atoms with E-state index in [2.05, 4.69) is 4.52 Å². The van der Waals surface area contributed by atoms with E-state index in [9.17, 15) is 4.79 Å². The third-order valence-electron chi connectivity index (χ3n) is 0.962. The van der Waals surface area contributed by atoms with Crippen molar-refractivity contribution < 1.29 is 14.1 Å². The van der Waals surface area contributed by atoms with E-state index in [1.807, 2.05) is 16.4 Å². The van der Waals surface area contributed by atoms with Gasteiger partial charge in [0, 0.05) is 9.47 Å². The Morgan fingerprint density at radius 3 is 2.80 bits per heavy atom. The van der Waals surface area contributed by atoms with Crippen molar-refractivity contribution in [3.8, 4) is 0 Å². The van der Waals surface area contributed by atoms with Crippen molar-refractivity contribution in [1.29, 1.82) is 0 Å². The fourth-order valence-corrected chi connectivity index (χ4v) is 0.576. The third-order valence-corrected chi connectivity index (χ3v) is 1.13. The van der Waals surface area contributed by atoms with Crippen LogP contribution in [0.25, 0.3) is 0 Å². The third kappa shape index (κ3) is 5.99. The fourth-order valence-electron chi connectivity index (χ4n) is 0.440. The van der Waals surface area contributed by atoms with Gasteiger partial charge in [-0.25, -0.2) is 4.79 Å². The van der Waals surface area contributed by atoms with E-state index in [1.165, 1.54) is 0 Å². The highest BCUT2D eigenvalue weighted by atomic mass is 31.0. The normalized spacial score (nSPS) is 9.40. The van der Waals surface area contributed by atoms with Crippen LogP contribution in [0.2, 0.25) is 0 Å². The summed E-state index contributed by atoms with van der Waals surface area (Å²) < 4.78 is 9.22. The van der Waals surface area contributed by atoms with E-state index in [0.29, 0.717) is 6.61 Å². The van der Waals surface area contributed by atoms with Gasteiger partial charge in [0.1, 0.15) is 6.61 Å². The predicted octanol–water partition coefficient (Wildman–Crippen LogP) is 1.14. The molecule has 0 bridgehead atoms. The van der Waals surface area contributed by atoms with Gasteiger partial charge in [-0.15, -0.1) is 0 Å². The Bertz CT molecular complexity index is 95.0. The molecule has 0 aromatic heterocycles. The average Bonchev–Trinajstić information content (AvgIpc) is 1.89. The van der Waals surface area contributed by atoms with Crippen LogP contribution in [0.5, 0.6) is 0 Å². The van der Waals surface area contributed by atoms with Crippen molar-refractivity contribution in [2.45, 2.75) is 19.8 Å². The van der Waals surface area contributed by atoms with E-state index >= 15 is 0 Å². The first-order valence-electron chi connectivity index (χ1n) is 3.28. The molecule has 0 rings (SSSR count). The molecule has 0 saturated carbocycles. The van der Waals surface area contributed by atoms with Gasteiger partial charge in [-0.05, 0) is 6.42 Å². The lowest BCUT2D eigenvalue weighted by atomic mass is 10.4. The maximum atomic E-state index is 10.6. The molecule has 0 amide bonds. The molecule has 10 heavy (non-hydrogen) atoms. The van der Waals surface area contributed by atoms with Crippen molar-refractivity contribution in [2.75, 3.05) is 13.2 Å². The number of ether oxygens (including phenoxy) is 1. The van der Waals surface area contributed by atoms with Gasteiger partial charge < -0.3 is 9.26 Å². The molecule has 3 nitrogen and oxygen atoms in total. The highest BCUT2D eigenvalue weighted by Gasteiger charge is 1.98. The van der Waals surface area contributed by atoms with Gasteiger partial charge in [0.05, 0.1) is 6.61 Å². The van der Waals surface area contributed by atoms with Gasteiger partial charge in [0.25, 0.3) is 0 Å². The molecule has 0 aromatic carbocycles. The van der Waals surface area contributed by atoms with Crippen molar-refractivity contribution in [3.05, 3.63) is 0 Å². The van der Waals surface area contributed by atoms with Crippen molar-refractivity contribution in [2.24, 2.45) is 0 Å². The van der Waals surface area contributed by atoms with Gasteiger partial charge in [-0.3, -0.25) is 0 Å². The van der Waals surface area contributed by atoms with E-state index in [1.54, 1.807) is 0 Å². The second-order valence-corrected chi connectivity index (χ2v) is 2.22. The standard InChI is InChI=1S/C6H13O3P/c1-2-3-4-8-6(7)5-9-10/h2-5,10H2,1H3. The number of unbranched alkanes of at least 4 members (excludes halogenated alkanes) is 1. The van der Waals surface area contributed by atoms with E-state index in [4.69, 9.17) is 4.74 Å². The minimum Gasteiger partial charge on any atom is -0.464 e. The largest absolute Gasteiger partial charge is 0.464 e. The van der Waals surface area contributed by atoms with Gasteiger partial charge in [0.15, 0.2) is 0 Å². The average molecular weight is 164 g/mol. The molecule has 0 aromatic rings. The zero-order valence-electron chi connectivity index (χ0n) is 6.13. The van der Waals surface area contributed by atoms with Crippen molar-refractivity contribution in [3.63, 3.8) is 0 Å². The van der Waals surface area contributed by atoms with Gasteiger partial charge in [-0.2, -0.15) is 0 Å².